The van der Waals surface area contributed by atoms with Crippen LogP contribution < -0.4 is 10.0 Å². The second kappa shape index (κ2) is 8.86. The van der Waals surface area contributed by atoms with Gasteiger partial charge in [-0.3, -0.25) is 4.79 Å². The molecule has 0 radical (unpaired) electrons. The van der Waals surface area contributed by atoms with Gasteiger partial charge in [-0.1, -0.05) is 45.8 Å². The van der Waals surface area contributed by atoms with Gasteiger partial charge in [0.2, 0.25) is 10.0 Å². The lowest BCUT2D eigenvalue weighted by atomic mass is 10.2. The maximum absolute atomic E-state index is 14.2. The van der Waals surface area contributed by atoms with Crippen molar-refractivity contribution in [1.29, 1.82) is 0 Å². The first kappa shape index (κ1) is 21.2. The summed E-state index contributed by atoms with van der Waals surface area (Å²) < 4.78 is 42.6. The summed E-state index contributed by atoms with van der Waals surface area (Å²) in [6.07, 6.45) is 0. The van der Waals surface area contributed by atoms with Crippen molar-refractivity contribution in [1.82, 2.24) is 4.72 Å². The Morgan fingerprint density at radius 1 is 1.00 bits per heavy atom. The van der Waals surface area contributed by atoms with E-state index in [0.29, 0.717) is 5.69 Å². The molecule has 0 aliphatic heterocycles. The van der Waals surface area contributed by atoms with Gasteiger partial charge in [0.05, 0.1) is 10.5 Å². The van der Waals surface area contributed by atoms with Crippen LogP contribution in [0.4, 0.5) is 10.1 Å². The molecule has 0 saturated carbocycles. The number of carbonyl (C=O) groups excluding carboxylic acids is 1. The Kier molecular flexibility index (Phi) is 6.46. The summed E-state index contributed by atoms with van der Waals surface area (Å²) in [5, 5.41) is 2.55. The van der Waals surface area contributed by atoms with E-state index in [1.165, 1.54) is 0 Å². The first-order valence-electron chi connectivity index (χ1n) is 8.66. The Morgan fingerprint density at radius 2 is 1.66 bits per heavy atom. The smallest absolute Gasteiger partial charge is 0.258 e. The molecule has 0 aliphatic carbocycles. The number of aryl methyl sites for hydroxylation is 1. The van der Waals surface area contributed by atoms with Crippen LogP contribution in [0.15, 0.2) is 76.1 Å². The number of anilines is 1. The quantitative estimate of drug-likeness (QED) is 0.544. The normalized spacial score (nSPS) is 11.3. The molecule has 0 aromatic heterocycles. The van der Waals surface area contributed by atoms with Gasteiger partial charge in [-0.05, 0) is 55.0 Å². The highest BCUT2D eigenvalue weighted by Crippen LogP contribution is 2.19. The lowest BCUT2D eigenvalue weighted by Gasteiger charge is -2.10. The van der Waals surface area contributed by atoms with Crippen molar-refractivity contribution < 1.29 is 17.6 Å². The molecule has 0 bridgehead atoms. The second-order valence-corrected chi connectivity index (χ2v) is 9.10. The molecule has 8 heteroatoms. The third-order valence-corrected chi connectivity index (χ3v) is 6.11. The van der Waals surface area contributed by atoms with E-state index in [1.54, 1.807) is 24.3 Å². The van der Waals surface area contributed by atoms with E-state index >= 15 is 0 Å². The lowest BCUT2D eigenvalue weighted by molar-refractivity contribution is 0.102. The Balaban J connectivity index is 1.78. The molecule has 0 heterocycles. The number of hydrogen-bond acceptors (Lipinski definition) is 3. The maximum Gasteiger partial charge on any atom is 0.258 e. The van der Waals surface area contributed by atoms with Crippen molar-refractivity contribution in [3.8, 4) is 0 Å². The van der Waals surface area contributed by atoms with Crippen LogP contribution in [0.25, 0.3) is 0 Å². The van der Waals surface area contributed by atoms with Gasteiger partial charge in [0.1, 0.15) is 5.82 Å². The molecule has 3 aromatic carbocycles. The molecule has 0 unspecified atom stereocenters. The summed E-state index contributed by atoms with van der Waals surface area (Å²) in [4.78, 5) is 12.2. The molecule has 5 nitrogen and oxygen atoms in total. The molecule has 150 valence electrons. The zero-order chi connectivity index (χ0) is 21.0. The highest BCUT2D eigenvalue weighted by Gasteiger charge is 2.19. The van der Waals surface area contributed by atoms with Crippen LogP contribution in [0.3, 0.4) is 0 Å². The monoisotopic (exact) mass is 476 g/mol. The van der Waals surface area contributed by atoms with Crippen LogP contribution in [0.5, 0.6) is 0 Å². The molecule has 0 aliphatic rings. The fourth-order valence-corrected chi connectivity index (χ4v) is 3.85. The molecule has 0 atom stereocenters. The van der Waals surface area contributed by atoms with Crippen molar-refractivity contribution in [3.05, 3.63) is 93.7 Å². The highest BCUT2D eigenvalue weighted by atomic mass is 79.9. The molecule has 1 amide bonds. The van der Waals surface area contributed by atoms with Crippen molar-refractivity contribution in [2.75, 3.05) is 5.32 Å². The summed E-state index contributed by atoms with van der Waals surface area (Å²) in [7, 11) is -3.92. The second-order valence-electron chi connectivity index (χ2n) is 6.41. The van der Waals surface area contributed by atoms with Crippen molar-refractivity contribution in [2.45, 2.75) is 18.4 Å². The predicted molar refractivity (Wildman–Crippen MR) is 114 cm³/mol. The number of halogens is 2. The Hall–Kier alpha value is -2.55. The van der Waals surface area contributed by atoms with Crippen LogP contribution in [-0.2, 0) is 16.6 Å². The zero-order valence-corrected chi connectivity index (χ0v) is 17.8. The number of nitrogens with one attached hydrogen (secondary N) is 2. The van der Waals surface area contributed by atoms with Crippen molar-refractivity contribution in [3.63, 3.8) is 0 Å². The number of carbonyl (C=O) groups is 1. The van der Waals surface area contributed by atoms with Gasteiger partial charge in [-0.25, -0.2) is 17.5 Å². The summed E-state index contributed by atoms with van der Waals surface area (Å²) in [5.41, 5.74) is 1.96. The fourth-order valence-electron chi connectivity index (χ4n) is 2.54. The van der Waals surface area contributed by atoms with Gasteiger partial charge in [-0.2, -0.15) is 0 Å². The number of rotatable bonds is 6. The molecule has 0 fully saturated rings. The fraction of sp³-hybridized carbons (Fsp3) is 0.0952. The average Bonchev–Trinajstić information content (AvgIpc) is 2.69. The van der Waals surface area contributed by atoms with E-state index in [4.69, 9.17) is 0 Å². The van der Waals surface area contributed by atoms with E-state index in [0.717, 1.165) is 33.8 Å². The van der Waals surface area contributed by atoms with E-state index < -0.39 is 21.7 Å². The summed E-state index contributed by atoms with van der Waals surface area (Å²) in [6.45, 7) is 2.02. The van der Waals surface area contributed by atoms with Gasteiger partial charge in [-0.15, -0.1) is 0 Å². The standard InChI is InChI=1S/C21H18BrFN2O3S/c1-14-2-4-15(5-3-14)13-24-29(27,28)18-10-11-20(23)19(12-18)21(26)25-17-8-6-16(22)7-9-17/h2-12,24H,13H2,1H3,(H,25,26). The van der Waals surface area contributed by atoms with Gasteiger partial charge < -0.3 is 5.32 Å². The third kappa shape index (κ3) is 5.50. The molecule has 0 saturated heterocycles. The van der Waals surface area contributed by atoms with E-state index in [2.05, 4.69) is 26.0 Å². The largest absolute Gasteiger partial charge is 0.322 e. The molecule has 3 aromatic rings. The minimum Gasteiger partial charge on any atom is -0.322 e. The zero-order valence-electron chi connectivity index (χ0n) is 15.4. The summed E-state index contributed by atoms with van der Waals surface area (Å²) >= 11 is 3.29. The van der Waals surface area contributed by atoms with Crippen molar-refractivity contribution in [2.24, 2.45) is 0 Å². The SMILES string of the molecule is Cc1ccc(CNS(=O)(=O)c2ccc(F)c(C(=O)Nc3ccc(Br)cc3)c2)cc1. The van der Waals surface area contributed by atoms with Crippen LogP contribution >= 0.6 is 15.9 Å². The molecule has 0 spiro atoms. The first-order chi connectivity index (χ1) is 13.7. The van der Waals surface area contributed by atoms with E-state index in [1.807, 2.05) is 31.2 Å². The van der Waals surface area contributed by atoms with E-state index in [9.17, 15) is 17.6 Å². The van der Waals surface area contributed by atoms with E-state index in [-0.39, 0.29) is 17.0 Å². The summed E-state index contributed by atoms with van der Waals surface area (Å²) in [6, 6.07) is 17.3. The third-order valence-electron chi connectivity index (χ3n) is 4.18. The van der Waals surface area contributed by atoms with Gasteiger partial charge in [0.15, 0.2) is 0 Å². The molecule has 3 rings (SSSR count). The first-order valence-corrected chi connectivity index (χ1v) is 10.9. The molecule has 29 heavy (non-hydrogen) atoms. The van der Waals surface area contributed by atoms with Crippen LogP contribution in [0, 0.1) is 12.7 Å². The minimum absolute atomic E-state index is 0.0837. The molecule has 2 N–H and O–H groups in total. The minimum atomic E-state index is -3.92. The topological polar surface area (TPSA) is 75.3 Å². The average molecular weight is 477 g/mol. The van der Waals surface area contributed by atoms with Gasteiger partial charge in [0, 0.05) is 16.7 Å². The Morgan fingerprint density at radius 3 is 2.31 bits per heavy atom. The number of sulfonamides is 1. The van der Waals surface area contributed by atoms with Gasteiger partial charge in [0.25, 0.3) is 5.91 Å². The van der Waals surface area contributed by atoms with Gasteiger partial charge >= 0.3 is 0 Å². The highest BCUT2D eigenvalue weighted by molar-refractivity contribution is 9.10. The number of benzene rings is 3. The number of hydrogen-bond donors (Lipinski definition) is 2. The summed E-state index contributed by atoms with van der Waals surface area (Å²) in [5.74, 6) is -1.54. The van der Waals surface area contributed by atoms with Crippen LogP contribution in [-0.4, -0.2) is 14.3 Å². The van der Waals surface area contributed by atoms with Crippen molar-refractivity contribution >= 4 is 37.5 Å². The Labute approximate surface area is 177 Å². The van der Waals surface area contributed by atoms with Crippen LogP contribution in [0.1, 0.15) is 21.5 Å². The Bertz CT molecular complexity index is 1130. The molecular weight excluding hydrogens is 459 g/mol. The number of amides is 1. The molecular formula is C21H18BrFN2O3S. The predicted octanol–water partition coefficient (Wildman–Crippen LogP) is 4.63. The lowest BCUT2D eigenvalue weighted by Crippen LogP contribution is -2.24. The van der Waals surface area contributed by atoms with Crippen LogP contribution in [0.2, 0.25) is 0 Å². The maximum atomic E-state index is 14.2.